The summed E-state index contributed by atoms with van der Waals surface area (Å²) in [6.45, 7) is 5.01. The Labute approximate surface area is 177 Å². The molecular formula is C21H27N3O5S. The number of hydrogen-bond acceptors (Lipinski definition) is 5. The zero-order valence-corrected chi connectivity index (χ0v) is 18.0. The van der Waals surface area contributed by atoms with Gasteiger partial charge < -0.3 is 5.32 Å². The van der Waals surface area contributed by atoms with Gasteiger partial charge in [0, 0.05) is 36.5 Å². The maximum absolute atomic E-state index is 13.0. The lowest BCUT2D eigenvalue weighted by atomic mass is 10.2. The average Bonchev–Trinajstić information content (AvgIpc) is 2.74. The number of unbranched alkanes of at least 4 members (excludes halogenated alkanes) is 2. The van der Waals surface area contributed by atoms with E-state index in [0.717, 1.165) is 25.7 Å². The van der Waals surface area contributed by atoms with Crippen molar-refractivity contribution in [3.8, 4) is 0 Å². The Bertz CT molecular complexity index is 949. The molecule has 162 valence electrons. The Balaban J connectivity index is 2.12. The number of benzene rings is 2. The smallest absolute Gasteiger partial charge is 0.269 e. The van der Waals surface area contributed by atoms with Crippen LogP contribution in [-0.2, 0) is 10.0 Å². The third-order valence-corrected chi connectivity index (χ3v) is 6.53. The van der Waals surface area contributed by atoms with Gasteiger partial charge in [0.25, 0.3) is 11.6 Å². The van der Waals surface area contributed by atoms with Crippen LogP contribution in [0.1, 0.15) is 49.9 Å². The fourth-order valence-corrected chi connectivity index (χ4v) is 4.34. The number of amides is 1. The van der Waals surface area contributed by atoms with E-state index in [-0.39, 0.29) is 16.1 Å². The summed E-state index contributed by atoms with van der Waals surface area (Å²) in [5.74, 6) is -0.437. The monoisotopic (exact) mass is 433 g/mol. The number of non-ortho nitro benzene ring substituents is 1. The van der Waals surface area contributed by atoms with Gasteiger partial charge in [-0.1, -0.05) is 26.7 Å². The first-order valence-electron chi connectivity index (χ1n) is 9.95. The van der Waals surface area contributed by atoms with Crippen LogP contribution in [0.15, 0.2) is 53.4 Å². The van der Waals surface area contributed by atoms with Crippen LogP contribution in [0.2, 0.25) is 0 Å². The molecule has 1 amide bonds. The Kier molecular flexibility index (Phi) is 8.49. The molecule has 0 bridgehead atoms. The highest BCUT2D eigenvalue weighted by Crippen LogP contribution is 2.20. The van der Waals surface area contributed by atoms with Gasteiger partial charge in [-0.05, 0) is 49.2 Å². The van der Waals surface area contributed by atoms with Crippen LogP contribution in [0.3, 0.4) is 0 Å². The van der Waals surface area contributed by atoms with Crippen molar-refractivity contribution in [2.24, 2.45) is 0 Å². The third-order valence-electron chi connectivity index (χ3n) is 4.61. The molecule has 0 saturated carbocycles. The summed E-state index contributed by atoms with van der Waals surface area (Å²) in [6, 6.07) is 11.3. The number of nitro benzene ring substituents is 1. The summed E-state index contributed by atoms with van der Waals surface area (Å²) in [5.41, 5.74) is 0.602. The quantitative estimate of drug-likeness (QED) is 0.416. The molecule has 0 atom stereocenters. The second-order valence-electron chi connectivity index (χ2n) is 6.89. The first kappa shape index (κ1) is 23.5. The molecule has 9 heteroatoms. The minimum atomic E-state index is -3.60. The fraction of sp³-hybridized carbons (Fsp3) is 0.381. The van der Waals surface area contributed by atoms with E-state index in [1.807, 2.05) is 13.8 Å². The third kappa shape index (κ3) is 6.11. The molecule has 0 spiro atoms. The topological polar surface area (TPSA) is 110 Å². The Morgan fingerprint density at radius 2 is 1.50 bits per heavy atom. The molecule has 0 aliphatic rings. The van der Waals surface area contributed by atoms with Crippen LogP contribution in [0.5, 0.6) is 0 Å². The normalized spacial score (nSPS) is 11.4. The van der Waals surface area contributed by atoms with Crippen molar-refractivity contribution in [3.63, 3.8) is 0 Å². The van der Waals surface area contributed by atoms with E-state index in [0.29, 0.717) is 18.8 Å². The van der Waals surface area contributed by atoms with E-state index in [1.165, 1.54) is 52.8 Å². The van der Waals surface area contributed by atoms with Gasteiger partial charge in [0.2, 0.25) is 10.0 Å². The largest absolute Gasteiger partial charge is 0.322 e. The molecule has 2 aromatic rings. The predicted octanol–water partition coefficient (Wildman–Crippen LogP) is 4.44. The van der Waals surface area contributed by atoms with Crippen molar-refractivity contribution in [1.82, 2.24) is 4.31 Å². The number of nitro groups is 1. The first-order chi connectivity index (χ1) is 14.3. The van der Waals surface area contributed by atoms with Crippen molar-refractivity contribution in [3.05, 3.63) is 64.2 Å². The molecule has 0 aliphatic heterocycles. The molecule has 2 rings (SSSR count). The lowest BCUT2D eigenvalue weighted by Crippen LogP contribution is -2.33. The molecule has 30 heavy (non-hydrogen) atoms. The number of anilines is 1. The maximum Gasteiger partial charge on any atom is 0.269 e. The van der Waals surface area contributed by atoms with Crippen molar-refractivity contribution in [2.75, 3.05) is 18.4 Å². The van der Waals surface area contributed by atoms with E-state index in [1.54, 1.807) is 0 Å². The van der Waals surface area contributed by atoms with Crippen molar-refractivity contribution >= 4 is 27.3 Å². The number of rotatable bonds is 11. The van der Waals surface area contributed by atoms with Crippen molar-refractivity contribution in [1.29, 1.82) is 0 Å². The van der Waals surface area contributed by atoms with E-state index in [2.05, 4.69) is 5.32 Å². The van der Waals surface area contributed by atoms with E-state index in [4.69, 9.17) is 0 Å². The highest BCUT2D eigenvalue weighted by molar-refractivity contribution is 7.89. The highest BCUT2D eigenvalue weighted by atomic mass is 32.2. The average molecular weight is 434 g/mol. The van der Waals surface area contributed by atoms with Crippen LogP contribution in [0, 0.1) is 10.1 Å². The molecule has 0 aliphatic carbocycles. The minimum absolute atomic E-state index is 0.100. The van der Waals surface area contributed by atoms with E-state index in [9.17, 15) is 23.3 Å². The molecule has 2 aromatic carbocycles. The SMILES string of the molecule is CCCCN(CCCC)S(=O)(=O)c1ccc(NC(=O)c2ccc([N+](=O)[O-])cc2)cc1. The van der Waals surface area contributed by atoms with Crippen LogP contribution in [-0.4, -0.2) is 36.6 Å². The van der Waals surface area contributed by atoms with Gasteiger partial charge in [0.1, 0.15) is 0 Å². The standard InChI is InChI=1S/C21H27N3O5S/c1-3-5-15-23(16-6-4-2)30(28,29)20-13-9-18(10-14-20)22-21(25)17-7-11-19(12-8-17)24(26)27/h7-14H,3-6,15-16H2,1-2H3,(H,22,25). The van der Waals surface area contributed by atoms with E-state index >= 15 is 0 Å². The first-order valence-corrected chi connectivity index (χ1v) is 11.4. The summed E-state index contributed by atoms with van der Waals surface area (Å²) < 4.78 is 27.5. The summed E-state index contributed by atoms with van der Waals surface area (Å²) >= 11 is 0. The molecule has 0 heterocycles. The summed E-state index contributed by atoms with van der Waals surface area (Å²) in [4.78, 5) is 22.7. The van der Waals surface area contributed by atoms with Crippen LogP contribution < -0.4 is 5.32 Å². The Morgan fingerprint density at radius 1 is 0.967 bits per heavy atom. The van der Waals surface area contributed by atoms with Gasteiger partial charge in [-0.2, -0.15) is 4.31 Å². The molecule has 0 radical (unpaired) electrons. The predicted molar refractivity (Wildman–Crippen MR) is 116 cm³/mol. The number of nitrogens with one attached hydrogen (secondary N) is 1. The Hall–Kier alpha value is -2.78. The van der Waals surface area contributed by atoms with Crippen LogP contribution in [0.25, 0.3) is 0 Å². The molecule has 1 N–H and O–H groups in total. The highest BCUT2D eigenvalue weighted by Gasteiger charge is 2.23. The van der Waals surface area contributed by atoms with Gasteiger partial charge in [-0.3, -0.25) is 14.9 Å². The molecule has 0 fully saturated rings. The minimum Gasteiger partial charge on any atom is -0.322 e. The lowest BCUT2D eigenvalue weighted by molar-refractivity contribution is -0.384. The molecule has 0 saturated heterocycles. The number of nitrogens with zero attached hydrogens (tertiary/aromatic N) is 2. The number of carbonyl (C=O) groups is 1. The second kappa shape index (κ2) is 10.8. The molecule has 0 aromatic heterocycles. The number of hydrogen-bond donors (Lipinski definition) is 1. The van der Waals surface area contributed by atoms with Gasteiger partial charge in [0.15, 0.2) is 0 Å². The summed E-state index contributed by atoms with van der Waals surface area (Å²) in [6.07, 6.45) is 3.41. The van der Waals surface area contributed by atoms with Gasteiger partial charge in [0.05, 0.1) is 9.82 Å². The van der Waals surface area contributed by atoms with Crippen LogP contribution >= 0.6 is 0 Å². The van der Waals surface area contributed by atoms with Gasteiger partial charge >= 0.3 is 0 Å². The fourth-order valence-electron chi connectivity index (χ4n) is 2.82. The zero-order chi connectivity index (χ0) is 22.1. The lowest BCUT2D eigenvalue weighted by Gasteiger charge is -2.22. The van der Waals surface area contributed by atoms with E-state index < -0.39 is 20.9 Å². The second-order valence-corrected chi connectivity index (χ2v) is 8.83. The van der Waals surface area contributed by atoms with Crippen molar-refractivity contribution < 1.29 is 18.1 Å². The Morgan fingerprint density at radius 3 is 1.97 bits per heavy atom. The summed E-state index contributed by atoms with van der Waals surface area (Å²) in [7, 11) is -3.60. The molecule has 8 nitrogen and oxygen atoms in total. The zero-order valence-electron chi connectivity index (χ0n) is 17.2. The molecular weight excluding hydrogens is 406 g/mol. The maximum atomic E-state index is 13.0. The van der Waals surface area contributed by atoms with Gasteiger partial charge in [-0.25, -0.2) is 8.42 Å². The number of carbonyl (C=O) groups excluding carboxylic acids is 1. The van der Waals surface area contributed by atoms with Gasteiger partial charge in [-0.15, -0.1) is 0 Å². The summed E-state index contributed by atoms with van der Waals surface area (Å²) in [5, 5.41) is 13.4. The molecule has 0 unspecified atom stereocenters. The van der Waals surface area contributed by atoms with Crippen LogP contribution in [0.4, 0.5) is 11.4 Å². The van der Waals surface area contributed by atoms with Crippen molar-refractivity contribution in [2.45, 2.75) is 44.4 Å². The number of sulfonamides is 1.